The SMILES string of the molecule is COC(=O)C(C)(O)CNc1c(Cl)cccc1Cl. The predicted molar refractivity (Wildman–Crippen MR) is 67.6 cm³/mol. The third-order valence-electron chi connectivity index (χ3n) is 2.20. The molecule has 94 valence electrons. The second-order valence-electron chi connectivity index (χ2n) is 3.72. The van der Waals surface area contributed by atoms with Gasteiger partial charge in [-0.2, -0.15) is 0 Å². The van der Waals surface area contributed by atoms with Crippen molar-refractivity contribution >= 4 is 34.9 Å². The van der Waals surface area contributed by atoms with E-state index in [4.69, 9.17) is 23.2 Å². The zero-order valence-electron chi connectivity index (χ0n) is 9.46. The lowest BCUT2D eigenvalue weighted by Gasteiger charge is -2.21. The predicted octanol–water partition coefficient (Wildman–Crippen LogP) is 2.33. The summed E-state index contributed by atoms with van der Waals surface area (Å²) in [5.41, 5.74) is -1.17. The van der Waals surface area contributed by atoms with Crippen molar-refractivity contribution in [2.75, 3.05) is 19.0 Å². The molecule has 4 nitrogen and oxygen atoms in total. The number of aliphatic hydroxyl groups is 1. The highest BCUT2D eigenvalue weighted by atomic mass is 35.5. The van der Waals surface area contributed by atoms with Crippen molar-refractivity contribution in [2.24, 2.45) is 0 Å². The fourth-order valence-electron chi connectivity index (χ4n) is 1.22. The minimum Gasteiger partial charge on any atom is -0.467 e. The molecule has 0 aliphatic rings. The van der Waals surface area contributed by atoms with Crippen molar-refractivity contribution < 1.29 is 14.6 Å². The van der Waals surface area contributed by atoms with E-state index in [-0.39, 0.29) is 6.54 Å². The molecular weight excluding hydrogens is 265 g/mol. The molecular formula is C11H13Cl2NO3. The van der Waals surface area contributed by atoms with E-state index in [1.807, 2.05) is 0 Å². The first kappa shape index (κ1) is 14.1. The Labute approximate surface area is 109 Å². The number of anilines is 1. The zero-order valence-corrected chi connectivity index (χ0v) is 11.0. The molecule has 6 heteroatoms. The minimum atomic E-state index is -1.64. The molecule has 0 aromatic heterocycles. The van der Waals surface area contributed by atoms with Crippen LogP contribution in [0, 0.1) is 0 Å². The maximum absolute atomic E-state index is 11.2. The summed E-state index contributed by atoms with van der Waals surface area (Å²) in [6.07, 6.45) is 0. The number of carbonyl (C=O) groups is 1. The zero-order chi connectivity index (χ0) is 13.1. The molecule has 17 heavy (non-hydrogen) atoms. The number of esters is 1. The van der Waals surface area contributed by atoms with Crippen LogP contribution in [0.25, 0.3) is 0 Å². The van der Waals surface area contributed by atoms with Crippen molar-refractivity contribution in [2.45, 2.75) is 12.5 Å². The minimum absolute atomic E-state index is 0.0525. The Morgan fingerprint density at radius 3 is 2.47 bits per heavy atom. The highest BCUT2D eigenvalue weighted by Gasteiger charge is 2.31. The third-order valence-corrected chi connectivity index (χ3v) is 2.83. The molecule has 0 aliphatic carbocycles. The quantitative estimate of drug-likeness (QED) is 0.830. The second-order valence-corrected chi connectivity index (χ2v) is 4.53. The van der Waals surface area contributed by atoms with Crippen LogP contribution in [0.15, 0.2) is 18.2 Å². The summed E-state index contributed by atoms with van der Waals surface area (Å²) >= 11 is 11.9. The monoisotopic (exact) mass is 277 g/mol. The molecule has 1 aromatic carbocycles. The number of rotatable bonds is 4. The molecule has 0 aliphatic heterocycles. The van der Waals surface area contributed by atoms with E-state index >= 15 is 0 Å². The molecule has 1 unspecified atom stereocenters. The number of hydrogen-bond acceptors (Lipinski definition) is 4. The smallest absolute Gasteiger partial charge is 0.339 e. The summed E-state index contributed by atoms with van der Waals surface area (Å²) in [7, 11) is 1.21. The Morgan fingerprint density at radius 2 is 2.00 bits per heavy atom. The van der Waals surface area contributed by atoms with Gasteiger partial charge in [-0.1, -0.05) is 29.3 Å². The Balaban J connectivity index is 2.77. The van der Waals surface area contributed by atoms with E-state index in [9.17, 15) is 9.90 Å². The lowest BCUT2D eigenvalue weighted by molar-refractivity contribution is -0.158. The lowest BCUT2D eigenvalue weighted by atomic mass is 10.1. The van der Waals surface area contributed by atoms with E-state index < -0.39 is 11.6 Å². The van der Waals surface area contributed by atoms with Gasteiger partial charge >= 0.3 is 5.97 Å². The van der Waals surface area contributed by atoms with Crippen LogP contribution in [-0.2, 0) is 9.53 Å². The van der Waals surface area contributed by atoms with Crippen LogP contribution in [-0.4, -0.2) is 30.3 Å². The van der Waals surface area contributed by atoms with Crippen LogP contribution < -0.4 is 5.32 Å². The van der Waals surface area contributed by atoms with E-state index in [1.165, 1.54) is 14.0 Å². The summed E-state index contributed by atoms with van der Waals surface area (Å²) in [6, 6.07) is 5.01. The van der Waals surface area contributed by atoms with Crippen LogP contribution in [0.5, 0.6) is 0 Å². The molecule has 0 saturated carbocycles. The summed E-state index contributed by atoms with van der Waals surface area (Å²) in [6.45, 7) is 1.29. The molecule has 2 N–H and O–H groups in total. The summed E-state index contributed by atoms with van der Waals surface area (Å²) in [5.74, 6) is -0.729. The molecule has 0 amide bonds. The molecule has 1 aromatic rings. The van der Waals surface area contributed by atoms with E-state index in [1.54, 1.807) is 18.2 Å². The van der Waals surface area contributed by atoms with E-state index in [0.29, 0.717) is 15.7 Å². The normalized spacial score (nSPS) is 13.9. The largest absolute Gasteiger partial charge is 0.467 e. The van der Waals surface area contributed by atoms with Gasteiger partial charge in [0.05, 0.1) is 29.4 Å². The molecule has 1 atom stereocenters. The highest BCUT2D eigenvalue weighted by molar-refractivity contribution is 6.39. The number of nitrogens with one attached hydrogen (secondary N) is 1. The third kappa shape index (κ3) is 3.49. The Bertz CT molecular complexity index is 401. The Kier molecular flexibility index (Phi) is 4.62. The van der Waals surface area contributed by atoms with Gasteiger partial charge in [0.25, 0.3) is 0 Å². The summed E-state index contributed by atoms with van der Waals surface area (Å²) in [4.78, 5) is 11.2. The Morgan fingerprint density at radius 1 is 1.47 bits per heavy atom. The van der Waals surface area contributed by atoms with Gasteiger partial charge in [-0.25, -0.2) is 4.79 Å². The maximum Gasteiger partial charge on any atom is 0.339 e. The average Bonchev–Trinajstić information content (AvgIpc) is 2.27. The number of halogens is 2. The van der Waals surface area contributed by atoms with Crippen molar-refractivity contribution in [1.29, 1.82) is 0 Å². The first-order valence-corrected chi connectivity index (χ1v) is 5.63. The Hall–Kier alpha value is -0.970. The number of carbonyl (C=O) groups excluding carboxylic acids is 1. The van der Waals surface area contributed by atoms with Crippen molar-refractivity contribution in [1.82, 2.24) is 0 Å². The van der Waals surface area contributed by atoms with E-state index in [2.05, 4.69) is 10.1 Å². The first-order chi connectivity index (χ1) is 7.88. The van der Waals surface area contributed by atoms with Gasteiger partial charge < -0.3 is 15.2 Å². The molecule has 0 radical (unpaired) electrons. The van der Waals surface area contributed by atoms with Crippen molar-refractivity contribution in [3.05, 3.63) is 28.2 Å². The van der Waals surface area contributed by atoms with Gasteiger partial charge in [-0.15, -0.1) is 0 Å². The van der Waals surface area contributed by atoms with Gasteiger partial charge in [0, 0.05) is 0 Å². The summed E-state index contributed by atoms with van der Waals surface area (Å²) in [5, 5.41) is 13.5. The molecule has 1 rings (SSSR count). The number of para-hydroxylation sites is 1. The number of methoxy groups -OCH3 is 1. The van der Waals surface area contributed by atoms with Crippen LogP contribution in [0.1, 0.15) is 6.92 Å². The van der Waals surface area contributed by atoms with Gasteiger partial charge in [0.15, 0.2) is 5.60 Å². The average molecular weight is 278 g/mol. The van der Waals surface area contributed by atoms with E-state index in [0.717, 1.165) is 0 Å². The first-order valence-electron chi connectivity index (χ1n) is 4.87. The van der Waals surface area contributed by atoms with Crippen molar-refractivity contribution in [3.8, 4) is 0 Å². The lowest BCUT2D eigenvalue weighted by Crippen LogP contribution is -2.42. The van der Waals surface area contributed by atoms with Crippen LogP contribution in [0.2, 0.25) is 10.0 Å². The topological polar surface area (TPSA) is 58.6 Å². The fraction of sp³-hybridized carbons (Fsp3) is 0.364. The maximum atomic E-state index is 11.2. The number of hydrogen-bond donors (Lipinski definition) is 2. The molecule has 0 saturated heterocycles. The van der Waals surface area contributed by atoms with Gasteiger partial charge in [0.1, 0.15) is 0 Å². The standard InChI is InChI=1S/C11H13Cl2NO3/c1-11(16,10(15)17-2)6-14-9-7(12)4-3-5-8(9)13/h3-5,14,16H,6H2,1-2H3. The van der Waals surface area contributed by atoms with Crippen LogP contribution in [0.3, 0.4) is 0 Å². The van der Waals surface area contributed by atoms with Gasteiger partial charge in [-0.05, 0) is 19.1 Å². The van der Waals surface area contributed by atoms with Crippen molar-refractivity contribution in [3.63, 3.8) is 0 Å². The molecule has 0 heterocycles. The van der Waals surface area contributed by atoms with Gasteiger partial charge in [-0.3, -0.25) is 0 Å². The molecule has 0 spiro atoms. The van der Waals surface area contributed by atoms with Crippen LogP contribution in [0.4, 0.5) is 5.69 Å². The number of ether oxygens (including phenoxy) is 1. The number of benzene rings is 1. The second kappa shape index (κ2) is 5.58. The highest BCUT2D eigenvalue weighted by Crippen LogP contribution is 2.30. The molecule has 0 fully saturated rings. The van der Waals surface area contributed by atoms with Crippen LogP contribution >= 0.6 is 23.2 Å². The molecule has 0 bridgehead atoms. The fourth-order valence-corrected chi connectivity index (χ4v) is 1.75. The van der Waals surface area contributed by atoms with Gasteiger partial charge in [0.2, 0.25) is 0 Å². The summed E-state index contributed by atoms with van der Waals surface area (Å²) < 4.78 is 4.47.